The van der Waals surface area contributed by atoms with Crippen LogP contribution in [0, 0.1) is 27.7 Å². The van der Waals surface area contributed by atoms with Crippen LogP contribution in [0.5, 0.6) is 0 Å². The Bertz CT molecular complexity index is 635. The van der Waals surface area contributed by atoms with Crippen molar-refractivity contribution in [2.45, 2.75) is 39.0 Å². The van der Waals surface area contributed by atoms with Crippen LogP contribution in [0.3, 0.4) is 0 Å². The van der Waals surface area contributed by atoms with Gasteiger partial charge in [-0.3, -0.25) is 4.79 Å². The van der Waals surface area contributed by atoms with Crippen molar-refractivity contribution in [3.8, 4) is 0 Å². The number of Topliss-reactive ketones (excluding diaryl/α,β-unsaturated/α-hetero) is 1. The van der Waals surface area contributed by atoms with E-state index in [0.29, 0.717) is 18.0 Å². The Hall–Kier alpha value is -1.54. The molecule has 0 radical (unpaired) electrons. The zero-order valence-electron chi connectivity index (χ0n) is 13.2. The third-order valence-electron chi connectivity index (χ3n) is 3.70. The zero-order chi connectivity index (χ0) is 15.4. The topological polar surface area (TPSA) is 17.1 Å². The number of hydrogen-bond donors (Lipinski definition) is 0. The minimum Gasteiger partial charge on any atom is -0.298 e. The molecule has 2 aromatic carbocycles. The summed E-state index contributed by atoms with van der Waals surface area (Å²) in [6.07, 6.45) is 0.539. The normalized spacial score (nSPS) is 10.7. The molecule has 0 fully saturated rings. The van der Waals surface area contributed by atoms with Crippen molar-refractivity contribution in [1.29, 1.82) is 0 Å². The Morgan fingerprint density at radius 1 is 0.952 bits per heavy atom. The number of carbonyl (C=O) groups excluding carboxylic acids is 1. The monoisotopic (exact) mass is 298 g/mol. The quantitative estimate of drug-likeness (QED) is 0.736. The lowest BCUT2D eigenvalue weighted by Gasteiger charge is -2.11. The van der Waals surface area contributed by atoms with Crippen LogP contribution in [0.1, 0.15) is 27.8 Å². The molecule has 1 nitrogen and oxygen atoms in total. The van der Waals surface area contributed by atoms with Crippen LogP contribution in [0.25, 0.3) is 0 Å². The molecule has 2 rings (SSSR count). The minimum atomic E-state index is 0.290. The van der Waals surface area contributed by atoms with Gasteiger partial charge in [0.1, 0.15) is 5.78 Å². The lowest BCUT2D eigenvalue weighted by atomic mass is 9.96. The zero-order valence-corrected chi connectivity index (χ0v) is 14.0. The van der Waals surface area contributed by atoms with Crippen molar-refractivity contribution >= 4 is 17.5 Å². The molecule has 0 aliphatic carbocycles. The predicted molar refractivity (Wildman–Crippen MR) is 91.3 cm³/mol. The second-order valence-corrected chi connectivity index (χ2v) is 6.66. The fourth-order valence-electron chi connectivity index (χ4n) is 2.61. The maximum atomic E-state index is 12.3. The lowest BCUT2D eigenvalue weighted by Crippen LogP contribution is -2.08. The maximum Gasteiger partial charge on any atom is 0.147 e. The summed E-state index contributed by atoms with van der Waals surface area (Å²) < 4.78 is 0. The molecule has 0 saturated heterocycles. The Morgan fingerprint density at radius 3 is 2.19 bits per heavy atom. The molecule has 21 heavy (non-hydrogen) atoms. The predicted octanol–water partition coefficient (Wildman–Crippen LogP) is 4.82. The summed E-state index contributed by atoms with van der Waals surface area (Å²) >= 11 is 1.64. The Kier molecular flexibility index (Phi) is 5.24. The van der Waals surface area contributed by atoms with Gasteiger partial charge >= 0.3 is 0 Å². The Labute approximate surface area is 131 Å². The molecule has 0 unspecified atom stereocenters. The third-order valence-corrected chi connectivity index (χ3v) is 4.93. The molecule has 0 heterocycles. The molecule has 110 valence electrons. The van der Waals surface area contributed by atoms with E-state index < -0.39 is 0 Å². The van der Waals surface area contributed by atoms with Gasteiger partial charge in [-0.05, 0) is 56.0 Å². The summed E-state index contributed by atoms with van der Waals surface area (Å²) in [7, 11) is 0. The van der Waals surface area contributed by atoms with Crippen LogP contribution in [0.4, 0.5) is 0 Å². The van der Waals surface area contributed by atoms with Gasteiger partial charge in [0.05, 0.1) is 5.75 Å². The Morgan fingerprint density at radius 2 is 1.57 bits per heavy atom. The Balaban J connectivity index is 2.01. The summed E-state index contributed by atoms with van der Waals surface area (Å²) in [6, 6.07) is 12.5. The molecule has 2 heteroatoms. The van der Waals surface area contributed by atoms with Gasteiger partial charge in [0.25, 0.3) is 0 Å². The molecule has 0 saturated carbocycles. The number of thioether (sulfide) groups is 1. The van der Waals surface area contributed by atoms with Gasteiger partial charge in [-0.2, -0.15) is 0 Å². The van der Waals surface area contributed by atoms with Gasteiger partial charge in [0.2, 0.25) is 0 Å². The number of aryl methyl sites for hydroxylation is 4. The van der Waals surface area contributed by atoms with E-state index in [1.165, 1.54) is 32.7 Å². The van der Waals surface area contributed by atoms with Gasteiger partial charge in [-0.15, -0.1) is 11.8 Å². The van der Waals surface area contributed by atoms with Crippen LogP contribution in [-0.4, -0.2) is 11.5 Å². The SMILES string of the molecule is Cc1cc(C)c(CC(=O)CSc2ccccc2C)c(C)c1. The summed E-state index contributed by atoms with van der Waals surface area (Å²) in [5.74, 6) is 0.829. The first-order chi connectivity index (χ1) is 9.97. The number of rotatable bonds is 5. The average Bonchev–Trinajstić information content (AvgIpc) is 2.42. The van der Waals surface area contributed by atoms with Gasteiger partial charge in [0.15, 0.2) is 0 Å². The molecule has 0 amide bonds. The van der Waals surface area contributed by atoms with E-state index in [9.17, 15) is 4.79 Å². The number of hydrogen-bond acceptors (Lipinski definition) is 2. The van der Waals surface area contributed by atoms with E-state index in [1.807, 2.05) is 12.1 Å². The van der Waals surface area contributed by atoms with Crippen molar-refractivity contribution in [3.63, 3.8) is 0 Å². The molecule has 0 spiro atoms. The van der Waals surface area contributed by atoms with Crippen LogP contribution in [-0.2, 0) is 11.2 Å². The first-order valence-corrected chi connectivity index (χ1v) is 8.23. The fraction of sp³-hybridized carbons (Fsp3) is 0.316. The van der Waals surface area contributed by atoms with Crippen LogP contribution >= 0.6 is 11.8 Å². The van der Waals surface area contributed by atoms with Crippen molar-refractivity contribution < 1.29 is 4.79 Å². The highest BCUT2D eigenvalue weighted by Crippen LogP contribution is 2.23. The lowest BCUT2D eigenvalue weighted by molar-refractivity contribution is -0.116. The molecule has 2 aromatic rings. The van der Waals surface area contributed by atoms with Gasteiger partial charge < -0.3 is 0 Å². The van der Waals surface area contributed by atoms with E-state index in [0.717, 1.165) is 0 Å². The largest absolute Gasteiger partial charge is 0.298 e. The molecule has 0 N–H and O–H groups in total. The van der Waals surface area contributed by atoms with Crippen molar-refractivity contribution in [2.24, 2.45) is 0 Å². The number of carbonyl (C=O) groups is 1. The summed E-state index contributed by atoms with van der Waals surface area (Å²) in [5, 5.41) is 0. The molecular formula is C19H22OS. The molecule has 0 aromatic heterocycles. The van der Waals surface area contributed by atoms with Gasteiger partial charge in [-0.25, -0.2) is 0 Å². The number of ketones is 1. The van der Waals surface area contributed by atoms with Crippen molar-refractivity contribution in [3.05, 3.63) is 64.2 Å². The van der Waals surface area contributed by atoms with E-state index in [-0.39, 0.29) is 0 Å². The first kappa shape index (κ1) is 15.8. The summed E-state index contributed by atoms with van der Waals surface area (Å²) in [6.45, 7) is 8.37. The summed E-state index contributed by atoms with van der Waals surface area (Å²) in [5.41, 5.74) is 6.13. The number of benzene rings is 2. The van der Waals surface area contributed by atoms with Crippen molar-refractivity contribution in [2.75, 3.05) is 5.75 Å². The highest BCUT2D eigenvalue weighted by molar-refractivity contribution is 8.00. The molecule has 0 bridgehead atoms. The molecule has 0 aliphatic heterocycles. The fourth-order valence-corrected chi connectivity index (χ4v) is 3.50. The second-order valence-electron chi connectivity index (χ2n) is 5.65. The van der Waals surface area contributed by atoms with Crippen LogP contribution in [0.15, 0.2) is 41.3 Å². The summed E-state index contributed by atoms with van der Waals surface area (Å²) in [4.78, 5) is 13.5. The van der Waals surface area contributed by atoms with E-state index in [1.54, 1.807) is 11.8 Å². The smallest absolute Gasteiger partial charge is 0.147 e. The van der Waals surface area contributed by atoms with Crippen molar-refractivity contribution in [1.82, 2.24) is 0 Å². The first-order valence-electron chi connectivity index (χ1n) is 7.24. The van der Waals surface area contributed by atoms with Gasteiger partial charge in [0, 0.05) is 11.3 Å². The highest BCUT2D eigenvalue weighted by atomic mass is 32.2. The maximum absolute atomic E-state index is 12.3. The van der Waals surface area contributed by atoms with Crippen LogP contribution in [0.2, 0.25) is 0 Å². The highest BCUT2D eigenvalue weighted by Gasteiger charge is 2.10. The molecular weight excluding hydrogens is 276 g/mol. The van der Waals surface area contributed by atoms with Gasteiger partial charge in [-0.1, -0.05) is 35.9 Å². The second kappa shape index (κ2) is 6.95. The minimum absolute atomic E-state index is 0.290. The molecule has 0 aliphatic rings. The van der Waals surface area contributed by atoms with E-state index in [2.05, 4.69) is 52.0 Å². The molecule has 0 atom stereocenters. The standard InChI is InChI=1S/C19H22OS/c1-13-9-15(3)18(16(4)10-13)11-17(20)12-21-19-8-6-5-7-14(19)2/h5-10H,11-12H2,1-4H3. The van der Waals surface area contributed by atoms with E-state index >= 15 is 0 Å². The van der Waals surface area contributed by atoms with E-state index in [4.69, 9.17) is 0 Å². The average molecular weight is 298 g/mol. The van der Waals surface area contributed by atoms with Crippen LogP contribution < -0.4 is 0 Å². The third kappa shape index (κ3) is 4.21.